The van der Waals surface area contributed by atoms with Crippen LogP contribution in [0.4, 0.5) is 5.82 Å². The summed E-state index contributed by atoms with van der Waals surface area (Å²) < 4.78 is 2.08. The molecule has 0 bridgehead atoms. The smallest absolute Gasteiger partial charge is 0.251 e. The molecule has 0 saturated heterocycles. The van der Waals surface area contributed by atoms with Gasteiger partial charge in [0.15, 0.2) is 11.5 Å². The second kappa shape index (κ2) is 8.60. The van der Waals surface area contributed by atoms with Gasteiger partial charge in [0.05, 0.1) is 17.6 Å². The van der Waals surface area contributed by atoms with Gasteiger partial charge >= 0.3 is 0 Å². The van der Waals surface area contributed by atoms with E-state index in [9.17, 15) is 4.79 Å². The highest BCUT2D eigenvalue weighted by atomic mass is 16.1. The van der Waals surface area contributed by atoms with E-state index in [0.29, 0.717) is 11.5 Å². The molecular weight excluding hydrogens is 422 g/mol. The first kappa shape index (κ1) is 22.1. The van der Waals surface area contributed by atoms with Crippen LogP contribution in [0.5, 0.6) is 0 Å². The van der Waals surface area contributed by atoms with Crippen molar-refractivity contribution in [2.45, 2.75) is 40.2 Å². The summed E-state index contributed by atoms with van der Waals surface area (Å²) in [5, 5.41) is 6.60. The summed E-state index contributed by atoms with van der Waals surface area (Å²) in [5.74, 6) is 1.23. The maximum absolute atomic E-state index is 12.6. The van der Waals surface area contributed by atoms with E-state index in [4.69, 9.17) is 4.98 Å². The van der Waals surface area contributed by atoms with E-state index in [1.54, 1.807) is 0 Å². The number of anilines is 1. The minimum Gasteiger partial charge on any atom is -0.367 e. The fraction of sp³-hybridized carbons (Fsp3) is 0.321. The average Bonchev–Trinajstić information content (AvgIpc) is 3.22. The summed E-state index contributed by atoms with van der Waals surface area (Å²) in [5.41, 5.74) is 5.54. The molecule has 1 aliphatic carbocycles. The maximum atomic E-state index is 12.6. The van der Waals surface area contributed by atoms with Crippen LogP contribution in [0, 0.1) is 11.3 Å². The molecule has 1 aliphatic rings. The van der Waals surface area contributed by atoms with Crippen LogP contribution in [0.15, 0.2) is 67.0 Å². The quantitative estimate of drug-likeness (QED) is 0.379. The van der Waals surface area contributed by atoms with Gasteiger partial charge in [-0.3, -0.25) is 9.20 Å². The molecule has 174 valence electrons. The van der Waals surface area contributed by atoms with Crippen LogP contribution < -0.4 is 10.6 Å². The Kier molecular flexibility index (Phi) is 5.60. The molecule has 4 aromatic rings. The van der Waals surface area contributed by atoms with Gasteiger partial charge in [0, 0.05) is 35.5 Å². The molecule has 1 amide bonds. The molecule has 0 aliphatic heterocycles. The Hall–Kier alpha value is -3.67. The molecule has 1 fully saturated rings. The fourth-order valence-electron chi connectivity index (χ4n) is 4.12. The number of nitrogens with one attached hydrogen (secondary N) is 2. The second-order valence-corrected chi connectivity index (χ2v) is 10.2. The number of benzene rings is 2. The number of amides is 1. The lowest BCUT2D eigenvalue weighted by atomic mass is 10.1. The zero-order valence-electron chi connectivity index (χ0n) is 20.2. The Bertz CT molecular complexity index is 1320. The Balaban J connectivity index is 1.49. The molecular formula is C28H31N5O. The van der Waals surface area contributed by atoms with E-state index in [1.807, 2.05) is 54.9 Å². The van der Waals surface area contributed by atoms with E-state index >= 15 is 0 Å². The lowest BCUT2D eigenvalue weighted by Gasteiger charge is -2.13. The third-order valence-electron chi connectivity index (χ3n) is 6.50. The SMILES string of the molecule is CC(C)CNc1nc(-c2ccccc2)cn2c(-c3ccc(C(=O)NC4CC4(C)C)cc3)cnc12. The first-order chi connectivity index (χ1) is 16.3. The molecule has 5 rings (SSSR count). The number of hydrogen-bond acceptors (Lipinski definition) is 4. The van der Waals surface area contributed by atoms with Gasteiger partial charge in [-0.05, 0) is 29.9 Å². The number of nitrogens with zero attached hydrogens (tertiary/aromatic N) is 3. The fourth-order valence-corrected chi connectivity index (χ4v) is 4.12. The largest absolute Gasteiger partial charge is 0.367 e. The summed E-state index contributed by atoms with van der Waals surface area (Å²) in [6, 6.07) is 18.2. The zero-order chi connectivity index (χ0) is 23.9. The van der Waals surface area contributed by atoms with E-state index in [-0.39, 0.29) is 17.4 Å². The Morgan fingerprint density at radius 1 is 1.09 bits per heavy atom. The zero-order valence-corrected chi connectivity index (χ0v) is 20.2. The Labute approximate surface area is 200 Å². The van der Waals surface area contributed by atoms with Crippen molar-refractivity contribution < 1.29 is 4.79 Å². The van der Waals surface area contributed by atoms with Crippen molar-refractivity contribution in [1.82, 2.24) is 19.7 Å². The van der Waals surface area contributed by atoms with Crippen LogP contribution >= 0.6 is 0 Å². The topological polar surface area (TPSA) is 71.3 Å². The lowest BCUT2D eigenvalue weighted by molar-refractivity contribution is 0.0946. The number of rotatable bonds is 7. The summed E-state index contributed by atoms with van der Waals surface area (Å²) in [6.07, 6.45) is 4.93. The van der Waals surface area contributed by atoms with Crippen LogP contribution in [0.2, 0.25) is 0 Å². The number of carbonyl (C=O) groups excluding carboxylic acids is 1. The van der Waals surface area contributed by atoms with E-state index < -0.39 is 0 Å². The lowest BCUT2D eigenvalue weighted by Crippen LogP contribution is -2.28. The van der Waals surface area contributed by atoms with Crippen molar-refractivity contribution >= 4 is 17.4 Å². The highest BCUT2D eigenvalue weighted by molar-refractivity contribution is 5.95. The standard InChI is InChI=1S/C28H31N5O/c1-18(2)15-29-25-26-30-16-23(33(26)17-22(31-25)19-8-6-5-7-9-19)20-10-12-21(13-11-20)27(34)32-24-14-28(24,3)4/h5-13,16-18,24H,14-15H2,1-4H3,(H,29,31)(H,32,34). The van der Waals surface area contributed by atoms with Crippen molar-refractivity contribution in [1.29, 1.82) is 0 Å². The number of imidazole rings is 1. The Morgan fingerprint density at radius 2 is 1.79 bits per heavy atom. The van der Waals surface area contributed by atoms with Crippen molar-refractivity contribution in [3.05, 3.63) is 72.6 Å². The van der Waals surface area contributed by atoms with Gasteiger partial charge in [0.25, 0.3) is 5.91 Å². The molecule has 6 heteroatoms. The third-order valence-corrected chi connectivity index (χ3v) is 6.50. The van der Waals surface area contributed by atoms with Gasteiger partial charge in [-0.15, -0.1) is 0 Å². The highest BCUT2D eigenvalue weighted by Crippen LogP contribution is 2.44. The van der Waals surface area contributed by atoms with Gasteiger partial charge in [-0.2, -0.15) is 0 Å². The van der Waals surface area contributed by atoms with Gasteiger partial charge in [0.1, 0.15) is 0 Å². The summed E-state index contributed by atoms with van der Waals surface area (Å²) >= 11 is 0. The van der Waals surface area contributed by atoms with Crippen molar-refractivity contribution in [2.24, 2.45) is 11.3 Å². The number of hydrogen-bond donors (Lipinski definition) is 2. The van der Waals surface area contributed by atoms with Crippen molar-refractivity contribution in [3.63, 3.8) is 0 Å². The van der Waals surface area contributed by atoms with Crippen molar-refractivity contribution in [2.75, 3.05) is 11.9 Å². The molecule has 1 saturated carbocycles. The molecule has 2 aromatic carbocycles. The van der Waals surface area contributed by atoms with E-state index in [0.717, 1.165) is 46.9 Å². The maximum Gasteiger partial charge on any atom is 0.251 e. The Morgan fingerprint density at radius 3 is 2.44 bits per heavy atom. The van der Waals surface area contributed by atoms with Crippen LogP contribution in [-0.4, -0.2) is 32.9 Å². The van der Waals surface area contributed by atoms with Gasteiger partial charge in [-0.1, -0.05) is 70.2 Å². The predicted octanol–water partition coefficient (Wildman–Crippen LogP) is 5.66. The van der Waals surface area contributed by atoms with Crippen LogP contribution in [-0.2, 0) is 0 Å². The van der Waals surface area contributed by atoms with E-state index in [2.05, 4.69) is 59.8 Å². The number of fused-ring (bicyclic) bond motifs is 1. The van der Waals surface area contributed by atoms with E-state index in [1.165, 1.54) is 0 Å². The van der Waals surface area contributed by atoms with Gasteiger partial charge in [0.2, 0.25) is 0 Å². The first-order valence-corrected chi connectivity index (χ1v) is 11.9. The molecule has 0 radical (unpaired) electrons. The average molecular weight is 454 g/mol. The summed E-state index contributed by atoms with van der Waals surface area (Å²) in [7, 11) is 0. The summed E-state index contributed by atoms with van der Waals surface area (Å²) in [6.45, 7) is 9.50. The van der Waals surface area contributed by atoms with Crippen LogP contribution in [0.25, 0.3) is 28.2 Å². The molecule has 2 aromatic heterocycles. The number of carbonyl (C=O) groups is 1. The predicted molar refractivity (Wildman–Crippen MR) is 137 cm³/mol. The summed E-state index contributed by atoms with van der Waals surface area (Å²) in [4.78, 5) is 22.2. The van der Waals surface area contributed by atoms with Gasteiger partial charge < -0.3 is 10.6 Å². The molecule has 6 nitrogen and oxygen atoms in total. The number of aromatic nitrogens is 3. The molecule has 2 N–H and O–H groups in total. The second-order valence-electron chi connectivity index (χ2n) is 10.2. The molecule has 2 heterocycles. The van der Waals surface area contributed by atoms with Crippen molar-refractivity contribution in [3.8, 4) is 22.5 Å². The minimum atomic E-state index is -0.0176. The highest BCUT2D eigenvalue weighted by Gasteiger charge is 2.46. The molecule has 0 spiro atoms. The molecule has 34 heavy (non-hydrogen) atoms. The van der Waals surface area contributed by atoms with Gasteiger partial charge in [-0.25, -0.2) is 9.97 Å². The third kappa shape index (κ3) is 4.40. The minimum absolute atomic E-state index is 0.0176. The van der Waals surface area contributed by atoms with Crippen LogP contribution in [0.1, 0.15) is 44.5 Å². The molecule has 1 unspecified atom stereocenters. The first-order valence-electron chi connectivity index (χ1n) is 11.9. The normalized spacial score (nSPS) is 16.6. The monoisotopic (exact) mass is 453 g/mol. The molecule has 1 atom stereocenters. The van der Waals surface area contributed by atoms with Crippen LogP contribution in [0.3, 0.4) is 0 Å².